The van der Waals surface area contributed by atoms with Gasteiger partial charge < -0.3 is 4.57 Å². The number of hydrogen-bond acceptors (Lipinski definition) is 3. The van der Waals surface area contributed by atoms with E-state index in [2.05, 4.69) is 28.6 Å². The second-order valence-corrected chi connectivity index (χ2v) is 5.16. The molecule has 88 valence electrons. The normalized spacial score (nSPS) is 10.7. The average molecular weight is 253 g/mol. The minimum atomic E-state index is 0.716. The van der Waals surface area contributed by atoms with Crippen LogP contribution in [0, 0.1) is 18.3 Å². The number of nitriles is 1. The number of aromatic nitrogens is 2. The topological polar surface area (TPSA) is 41.6 Å². The summed E-state index contributed by atoms with van der Waals surface area (Å²) in [6.45, 7) is 2.09. The molecule has 0 aliphatic rings. The lowest BCUT2D eigenvalue weighted by atomic mass is 10.2. The predicted octanol–water partition coefficient (Wildman–Crippen LogP) is 3.48. The molecule has 0 saturated heterocycles. The second-order valence-electron chi connectivity index (χ2n) is 4.25. The molecule has 0 spiro atoms. The molecule has 3 rings (SSSR count). The molecule has 0 amide bonds. The Morgan fingerprint density at radius 1 is 1.39 bits per heavy atom. The van der Waals surface area contributed by atoms with Crippen molar-refractivity contribution in [2.45, 2.75) is 6.92 Å². The summed E-state index contributed by atoms with van der Waals surface area (Å²) >= 11 is 1.45. The van der Waals surface area contributed by atoms with Gasteiger partial charge in [0.1, 0.15) is 16.8 Å². The largest absolute Gasteiger partial charge is 0.327 e. The fraction of sp³-hybridized carbons (Fsp3) is 0.143. The van der Waals surface area contributed by atoms with Gasteiger partial charge in [-0.3, -0.25) is 0 Å². The van der Waals surface area contributed by atoms with E-state index in [1.807, 2.05) is 30.6 Å². The molecule has 2 aromatic heterocycles. The maximum atomic E-state index is 8.88. The molecule has 2 heterocycles. The van der Waals surface area contributed by atoms with Gasteiger partial charge >= 0.3 is 0 Å². The van der Waals surface area contributed by atoms with Crippen LogP contribution in [0.15, 0.2) is 29.6 Å². The van der Waals surface area contributed by atoms with Crippen LogP contribution < -0.4 is 0 Å². The van der Waals surface area contributed by atoms with E-state index in [1.165, 1.54) is 16.9 Å². The number of thiophene rings is 1. The minimum Gasteiger partial charge on any atom is -0.327 e. The van der Waals surface area contributed by atoms with E-state index in [0.717, 1.165) is 22.4 Å². The Hall–Kier alpha value is -2.12. The molecule has 0 atom stereocenters. The Bertz CT molecular complexity index is 774. The molecule has 0 N–H and O–H groups in total. The van der Waals surface area contributed by atoms with Crippen LogP contribution >= 0.6 is 11.3 Å². The molecule has 3 nitrogen and oxygen atoms in total. The summed E-state index contributed by atoms with van der Waals surface area (Å²) in [6, 6.07) is 10.2. The Balaban J connectivity index is 2.27. The van der Waals surface area contributed by atoms with Crippen LogP contribution in [0.1, 0.15) is 10.4 Å². The SMILES string of the molecule is Cc1cccc2nc(-c3csc(C#N)c3)n(C)c12. The van der Waals surface area contributed by atoms with Gasteiger partial charge in [0.15, 0.2) is 0 Å². The van der Waals surface area contributed by atoms with Crippen molar-refractivity contribution in [3.8, 4) is 17.5 Å². The summed E-state index contributed by atoms with van der Waals surface area (Å²) in [5.41, 5.74) is 4.37. The van der Waals surface area contributed by atoms with Crippen LogP contribution in [0.3, 0.4) is 0 Å². The predicted molar refractivity (Wildman–Crippen MR) is 73.5 cm³/mol. The summed E-state index contributed by atoms with van der Waals surface area (Å²) in [6.07, 6.45) is 0. The number of imidazole rings is 1. The average Bonchev–Trinajstić information content (AvgIpc) is 2.94. The highest BCUT2D eigenvalue weighted by atomic mass is 32.1. The van der Waals surface area contributed by atoms with Crippen molar-refractivity contribution in [2.24, 2.45) is 7.05 Å². The molecule has 0 radical (unpaired) electrons. The van der Waals surface area contributed by atoms with E-state index < -0.39 is 0 Å². The summed E-state index contributed by atoms with van der Waals surface area (Å²) in [5.74, 6) is 0.914. The summed E-state index contributed by atoms with van der Waals surface area (Å²) in [7, 11) is 2.02. The maximum Gasteiger partial charge on any atom is 0.141 e. The number of hydrogen-bond donors (Lipinski definition) is 0. The quantitative estimate of drug-likeness (QED) is 0.666. The first-order valence-corrected chi connectivity index (χ1v) is 6.49. The van der Waals surface area contributed by atoms with E-state index in [9.17, 15) is 0 Å². The molecular weight excluding hydrogens is 242 g/mol. The van der Waals surface area contributed by atoms with Gasteiger partial charge in [0.2, 0.25) is 0 Å². The molecule has 4 heteroatoms. The number of benzene rings is 1. The highest BCUT2D eigenvalue weighted by molar-refractivity contribution is 7.10. The summed E-state index contributed by atoms with van der Waals surface area (Å²) in [5, 5.41) is 10.9. The molecular formula is C14H11N3S. The smallest absolute Gasteiger partial charge is 0.141 e. The third-order valence-corrected chi connectivity index (χ3v) is 3.90. The van der Waals surface area contributed by atoms with Crippen LogP contribution in [-0.2, 0) is 7.05 Å². The standard InChI is InChI=1S/C14H11N3S/c1-9-4-3-5-12-13(9)17(2)14(16-12)10-6-11(7-15)18-8-10/h3-6,8H,1-2H3. The number of rotatable bonds is 1. The number of aryl methyl sites for hydroxylation is 2. The van der Waals surface area contributed by atoms with Crippen molar-refractivity contribution in [1.29, 1.82) is 5.26 Å². The van der Waals surface area contributed by atoms with Gasteiger partial charge in [0, 0.05) is 18.0 Å². The van der Waals surface area contributed by atoms with E-state index in [0.29, 0.717) is 4.88 Å². The van der Waals surface area contributed by atoms with Crippen molar-refractivity contribution in [3.05, 3.63) is 40.1 Å². The first-order valence-electron chi connectivity index (χ1n) is 5.62. The van der Waals surface area contributed by atoms with Crippen LogP contribution in [0.25, 0.3) is 22.4 Å². The van der Waals surface area contributed by atoms with Gasteiger partial charge in [-0.2, -0.15) is 5.26 Å². The van der Waals surface area contributed by atoms with Crippen molar-refractivity contribution < 1.29 is 0 Å². The number of nitrogens with zero attached hydrogens (tertiary/aromatic N) is 3. The molecule has 0 aliphatic heterocycles. The molecule has 0 unspecified atom stereocenters. The van der Waals surface area contributed by atoms with Gasteiger partial charge in [-0.15, -0.1) is 11.3 Å². The van der Waals surface area contributed by atoms with Crippen molar-refractivity contribution in [2.75, 3.05) is 0 Å². The van der Waals surface area contributed by atoms with Gasteiger partial charge in [-0.05, 0) is 24.6 Å². The first kappa shape index (κ1) is 11.0. The lowest BCUT2D eigenvalue weighted by Crippen LogP contribution is -1.92. The number of fused-ring (bicyclic) bond motifs is 1. The van der Waals surface area contributed by atoms with Gasteiger partial charge in [0.05, 0.1) is 11.0 Å². The highest BCUT2D eigenvalue weighted by Crippen LogP contribution is 2.28. The third kappa shape index (κ3) is 1.52. The third-order valence-electron chi connectivity index (χ3n) is 3.06. The first-order chi connectivity index (χ1) is 8.70. The lowest BCUT2D eigenvalue weighted by Gasteiger charge is -2.01. The zero-order chi connectivity index (χ0) is 12.7. The van der Waals surface area contributed by atoms with Gasteiger partial charge in [-0.1, -0.05) is 12.1 Å². The lowest BCUT2D eigenvalue weighted by molar-refractivity contribution is 0.956. The van der Waals surface area contributed by atoms with Crippen molar-refractivity contribution in [1.82, 2.24) is 9.55 Å². The molecule has 0 fully saturated rings. The van der Waals surface area contributed by atoms with E-state index in [-0.39, 0.29) is 0 Å². The zero-order valence-electron chi connectivity index (χ0n) is 10.1. The molecule has 0 saturated carbocycles. The Morgan fingerprint density at radius 3 is 2.89 bits per heavy atom. The fourth-order valence-electron chi connectivity index (χ4n) is 2.24. The van der Waals surface area contributed by atoms with Crippen LogP contribution in [0.2, 0.25) is 0 Å². The minimum absolute atomic E-state index is 0.716. The van der Waals surface area contributed by atoms with Crippen molar-refractivity contribution in [3.63, 3.8) is 0 Å². The van der Waals surface area contributed by atoms with Gasteiger partial charge in [0.25, 0.3) is 0 Å². The Labute approximate surface area is 109 Å². The van der Waals surface area contributed by atoms with Crippen LogP contribution in [-0.4, -0.2) is 9.55 Å². The van der Waals surface area contributed by atoms with E-state index in [1.54, 1.807) is 0 Å². The van der Waals surface area contributed by atoms with E-state index >= 15 is 0 Å². The van der Waals surface area contributed by atoms with E-state index in [4.69, 9.17) is 5.26 Å². The fourth-order valence-corrected chi connectivity index (χ4v) is 2.91. The zero-order valence-corrected chi connectivity index (χ0v) is 11.0. The van der Waals surface area contributed by atoms with Crippen LogP contribution in [0.4, 0.5) is 0 Å². The molecule has 1 aromatic carbocycles. The summed E-state index contributed by atoms with van der Waals surface area (Å²) < 4.78 is 2.09. The monoisotopic (exact) mass is 253 g/mol. The Kier molecular flexibility index (Phi) is 2.42. The van der Waals surface area contributed by atoms with Crippen molar-refractivity contribution >= 4 is 22.4 Å². The maximum absolute atomic E-state index is 8.88. The number of para-hydroxylation sites is 1. The Morgan fingerprint density at radius 2 is 2.22 bits per heavy atom. The summed E-state index contributed by atoms with van der Waals surface area (Å²) in [4.78, 5) is 5.37. The molecule has 3 aromatic rings. The highest BCUT2D eigenvalue weighted by Gasteiger charge is 2.12. The molecule has 18 heavy (non-hydrogen) atoms. The molecule has 0 aliphatic carbocycles. The second kappa shape index (κ2) is 3.97. The molecule has 0 bridgehead atoms. The van der Waals surface area contributed by atoms with Crippen LogP contribution in [0.5, 0.6) is 0 Å². The van der Waals surface area contributed by atoms with Gasteiger partial charge in [-0.25, -0.2) is 4.98 Å².